The van der Waals surface area contributed by atoms with E-state index in [1.54, 1.807) is 0 Å². The van der Waals surface area contributed by atoms with Gasteiger partial charge in [-0.25, -0.2) is 0 Å². The molecule has 3 aliphatic rings. The maximum absolute atomic E-state index is 12.6. The Hall–Kier alpha value is -1.79. The van der Waals surface area contributed by atoms with Crippen molar-refractivity contribution in [2.75, 3.05) is 78.9 Å². The largest absolute Gasteiger partial charge is 0.466 e. The fourth-order valence-corrected chi connectivity index (χ4v) is 13.6. The monoisotopic (exact) mass is 1200 g/mol. The fraction of sp³-hybridized carbons (Fsp3) is 0.959. The van der Waals surface area contributed by atoms with Gasteiger partial charge in [0.25, 0.3) is 0 Å². The second-order valence-electron chi connectivity index (χ2n) is 27.1. The first-order valence-corrected chi connectivity index (χ1v) is 37.4. The lowest BCUT2D eigenvalue weighted by Gasteiger charge is -2.46. The summed E-state index contributed by atoms with van der Waals surface area (Å²) in [4.78, 5) is 42.7. The van der Waals surface area contributed by atoms with E-state index in [-0.39, 0.29) is 30.8 Å². The maximum Gasteiger partial charge on any atom is 0.305 e. The molecule has 0 amide bonds. The SMILES string of the molecule is CCCCCC(CCCCC)CCOC(=O)CCCCCCCCN(CCCCCCCCC(=O)OCCC(CCCCC)CCCCC)CCCOC(C)OCCCN(CCCO)CCCCCCCCC(=O)OCCC12CCC(CC1)CC2. The first-order chi connectivity index (χ1) is 41.6. The molecule has 502 valence electrons. The number of nitrogens with zero attached hydrogens (tertiary/aromatic N) is 2. The highest BCUT2D eigenvalue weighted by molar-refractivity contribution is 5.69. The third-order valence-corrected chi connectivity index (χ3v) is 19.5. The first kappa shape index (κ1) is 79.3. The van der Waals surface area contributed by atoms with Crippen LogP contribution in [0.1, 0.15) is 349 Å². The third kappa shape index (κ3) is 46.9. The van der Waals surface area contributed by atoms with Gasteiger partial charge in [-0.15, -0.1) is 0 Å². The van der Waals surface area contributed by atoms with Gasteiger partial charge in [0.15, 0.2) is 6.29 Å². The highest BCUT2D eigenvalue weighted by Gasteiger charge is 2.40. The number of hydrogen-bond acceptors (Lipinski definition) is 11. The van der Waals surface area contributed by atoms with E-state index >= 15 is 0 Å². The molecule has 1 unspecified atom stereocenters. The first-order valence-electron chi connectivity index (χ1n) is 37.4. The van der Waals surface area contributed by atoms with Gasteiger partial charge in [0.05, 0.1) is 33.0 Å². The van der Waals surface area contributed by atoms with Gasteiger partial charge >= 0.3 is 17.9 Å². The number of fused-ring (bicyclic) bond motifs is 3. The van der Waals surface area contributed by atoms with Gasteiger partial charge < -0.3 is 38.6 Å². The number of ether oxygens (including phenoxy) is 5. The lowest BCUT2D eigenvalue weighted by atomic mass is 9.59. The molecule has 1 atom stereocenters. The van der Waals surface area contributed by atoms with Crippen molar-refractivity contribution in [2.45, 2.75) is 356 Å². The smallest absolute Gasteiger partial charge is 0.305 e. The van der Waals surface area contributed by atoms with Crippen molar-refractivity contribution in [2.24, 2.45) is 23.2 Å². The molecular formula is C74H142N2O9. The second-order valence-corrected chi connectivity index (χ2v) is 27.1. The third-order valence-electron chi connectivity index (χ3n) is 19.5. The van der Waals surface area contributed by atoms with Crippen molar-refractivity contribution in [1.29, 1.82) is 0 Å². The molecule has 0 heterocycles. The Morgan fingerprint density at radius 3 is 1.06 bits per heavy atom. The van der Waals surface area contributed by atoms with Crippen LogP contribution in [0.2, 0.25) is 0 Å². The van der Waals surface area contributed by atoms with Crippen molar-refractivity contribution >= 4 is 17.9 Å². The summed E-state index contributed by atoms with van der Waals surface area (Å²) in [6.07, 6.45) is 56.4. The second kappa shape index (κ2) is 57.4. The van der Waals surface area contributed by atoms with Crippen LogP contribution in [0.4, 0.5) is 0 Å². The van der Waals surface area contributed by atoms with Crippen LogP contribution in [0.3, 0.4) is 0 Å². The summed E-state index contributed by atoms with van der Waals surface area (Å²) >= 11 is 0. The van der Waals surface area contributed by atoms with Crippen molar-refractivity contribution < 1.29 is 43.2 Å². The molecule has 11 heteroatoms. The van der Waals surface area contributed by atoms with Crippen LogP contribution in [0, 0.1) is 23.2 Å². The van der Waals surface area contributed by atoms with E-state index in [9.17, 15) is 19.5 Å². The van der Waals surface area contributed by atoms with Crippen molar-refractivity contribution in [3.05, 3.63) is 0 Å². The molecule has 2 bridgehead atoms. The van der Waals surface area contributed by atoms with E-state index < -0.39 is 0 Å². The standard InChI is InChI=1S/C74H142N2O9/c1-6-10-26-39-68(40-27-11-7-2)49-64-83-71(78)43-30-20-14-17-23-33-55-75(56-34-24-18-15-21-31-44-72(79)84-65-50-69(41-28-12-8-3)42-29-13-9-4)59-37-62-81-67(5)82-63-38-60-76(58-36-61-77)57-35-25-19-16-22-32-45-73(80)85-66-54-74-51-46-70(47-52-74)48-53-74/h67-70,77H,6-66H2,1-5H3. The zero-order valence-electron chi connectivity index (χ0n) is 57.1. The highest BCUT2D eigenvalue weighted by Crippen LogP contribution is 2.52. The van der Waals surface area contributed by atoms with Crippen molar-refractivity contribution in [3.8, 4) is 0 Å². The number of rotatable bonds is 65. The molecule has 0 aromatic carbocycles. The van der Waals surface area contributed by atoms with Gasteiger partial charge in [0.2, 0.25) is 0 Å². The molecule has 3 aliphatic carbocycles. The Balaban J connectivity index is 1.64. The van der Waals surface area contributed by atoms with Crippen LogP contribution >= 0.6 is 0 Å². The number of unbranched alkanes of at least 4 members (excludes halogenated alkanes) is 23. The van der Waals surface area contributed by atoms with Crippen molar-refractivity contribution in [3.63, 3.8) is 0 Å². The van der Waals surface area contributed by atoms with Crippen LogP contribution < -0.4 is 0 Å². The molecule has 0 aromatic heterocycles. The summed E-state index contributed by atoms with van der Waals surface area (Å²) in [7, 11) is 0. The Kier molecular flexibility index (Phi) is 53.5. The molecule has 0 saturated heterocycles. The molecule has 0 radical (unpaired) electrons. The molecule has 11 nitrogen and oxygen atoms in total. The molecular weight excluding hydrogens is 1060 g/mol. The van der Waals surface area contributed by atoms with E-state index in [0.29, 0.717) is 69.5 Å². The minimum atomic E-state index is -0.234. The molecule has 85 heavy (non-hydrogen) atoms. The van der Waals surface area contributed by atoms with Gasteiger partial charge in [0, 0.05) is 45.5 Å². The Bertz CT molecular complexity index is 1400. The Labute approximate surface area is 526 Å². The maximum atomic E-state index is 12.6. The van der Waals surface area contributed by atoms with Gasteiger partial charge in [0.1, 0.15) is 0 Å². The topological polar surface area (TPSA) is 124 Å². The molecule has 3 saturated carbocycles. The minimum Gasteiger partial charge on any atom is -0.466 e. The number of hydrogen-bond donors (Lipinski definition) is 1. The van der Waals surface area contributed by atoms with Gasteiger partial charge in [-0.2, -0.15) is 0 Å². The molecule has 1 N–H and O–H groups in total. The average Bonchev–Trinajstić information content (AvgIpc) is 3.67. The number of carbonyl (C=O) groups excluding carboxylic acids is 3. The van der Waals surface area contributed by atoms with E-state index in [2.05, 4.69) is 37.5 Å². The fourth-order valence-electron chi connectivity index (χ4n) is 13.6. The van der Waals surface area contributed by atoms with Crippen LogP contribution in [0.25, 0.3) is 0 Å². The van der Waals surface area contributed by atoms with Gasteiger partial charge in [-0.3, -0.25) is 14.4 Å². The number of carbonyl (C=O) groups is 3. The quantitative estimate of drug-likeness (QED) is 0.0271. The summed E-state index contributed by atoms with van der Waals surface area (Å²) < 4.78 is 29.4. The number of aliphatic hydroxyl groups is 1. The molecule has 3 fully saturated rings. The molecule has 0 aromatic rings. The number of esters is 3. The van der Waals surface area contributed by atoms with Gasteiger partial charge in [-0.05, 0) is 165 Å². The zero-order chi connectivity index (χ0) is 61.4. The minimum absolute atomic E-state index is 0.00303. The summed E-state index contributed by atoms with van der Waals surface area (Å²) in [5.41, 5.74) is 0.473. The Morgan fingerprint density at radius 2 is 0.706 bits per heavy atom. The van der Waals surface area contributed by atoms with Crippen LogP contribution in [-0.2, 0) is 38.1 Å². The number of aliphatic hydroxyl groups excluding tert-OH is 1. The van der Waals surface area contributed by atoms with E-state index in [1.165, 1.54) is 212 Å². The molecule has 0 aliphatic heterocycles. The lowest BCUT2D eigenvalue weighted by Crippen LogP contribution is -2.35. The van der Waals surface area contributed by atoms with E-state index in [1.807, 2.05) is 6.92 Å². The summed E-state index contributed by atoms with van der Waals surface area (Å²) in [6.45, 7) is 20.7. The predicted molar refractivity (Wildman–Crippen MR) is 356 cm³/mol. The van der Waals surface area contributed by atoms with Crippen LogP contribution in [0.5, 0.6) is 0 Å². The van der Waals surface area contributed by atoms with Crippen LogP contribution in [-0.4, -0.2) is 118 Å². The molecule has 3 rings (SSSR count). The van der Waals surface area contributed by atoms with Crippen molar-refractivity contribution in [1.82, 2.24) is 9.80 Å². The molecule has 0 spiro atoms. The average molecular weight is 1200 g/mol. The van der Waals surface area contributed by atoms with Crippen LogP contribution in [0.15, 0.2) is 0 Å². The summed E-state index contributed by atoms with van der Waals surface area (Å²) in [5.74, 6) is 2.35. The highest BCUT2D eigenvalue weighted by atomic mass is 16.7. The predicted octanol–water partition coefficient (Wildman–Crippen LogP) is 19.6. The summed E-state index contributed by atoms with van der Waals surface area (Å²) in [5, 5.41) is 9.57. The normalized spacial score (nSPS) is 16.4. The summed E-state index contributed by atoms with van der Waals surface area (Å²) in [6, 6.07) is 0. The van der Waals surface area contributed by atoms with E-state index in [4.69, 9.17) is 23.7 Å². The zero-order valence-corrected chi connectivity index (χ0v) is 57.1. The Morgan fingerprint density at radius 1 is 0.388 bits per heavy atom. The van der Waals surface area contributed by atoms with E-state index in [0.717, 1.165) is 129 Å². The van der Waals surface area contributed by atoms with Gasteiger partial charge in [-0.1, -0.05) is 207 Å². The lowest BCUT2D eigenvalue weighted by molar-refractivity contribution is -0.145.